The Kier molecular flexibility index (Phi) is 4.60. The third-order valence-corrected chi connectivity index (χ3v) is 3.12. The molecule has 19 heavy (non-hydrogen) atoms. The third kappa shape index (κ3) is 3.59. The van der Waals surface area contributed by atoms with Crippen molar-refractivity contribution in [2.24, 2.45) is 7.05 Å². The van der Waals surface area contributed by atoms with E-state index in [1.54, 1.807) is 7.11 Å². The Morgan fingerprint density at radius 2 is 2.21 bits per heavy atom. The standard InChI is InChI=1S/C15H20N2O2/c1-17-7-6-12(10-17)9-16-15(11-18)13-4-3-5-14(8-13)19-2/h3-8,10,15-16,18H,9,11H2,1-2H3. The predicted molar refractivity (Wildman–Crippen MR) is 75.1 cm³/mol. The molecule has 0 aliphatic heterocycles. The molecule has 2 aromatic rings. The van der Waals surface area contributed by atoms with E-state index in [-0.39, 0.29) is 12.6 Å². The summed E-state index contributed by atoms with van der Waals surface area (Å²) in [4.78, 5) is 0. The number of nitrogens with zero attached hydrogens (tertiary/aromatic N) is 1. The second-order valence-corrected chi connectivity index (χ2v) is 4.58. The lowest BCUT2D eigenvalue weighted by atomic mass is 10.1. The number of benzene rings is 1. The fourth-order valence-corrected chi connectivity index (χ4v) is 2.05. The van der Waals surface area contributed by atoms with Crippen LogP contribution in [0.25, 0.3) is 0 Å². The van der Waals surface area contributed by atoms with Crippen molar-refractivity contribution in [3.8, 4) is 5.75 Å². The van der Waals surface area contributed by atoms with Gasteiger partial charge in [0.25, 0.3) is 0 Å². The highest BCUT2D eigenvalue weighted by atomic mass is 16.5. The summed E-state index contributed by atoms with van der Waals surface area (Å²) in [6.45, 7) is 0.781. The summed E-state index contributed by atoms with van der Waals surface area (Å²) in [7, 11) is 3.64. The van der Waals surface area contributed by atoms with Gasteiger partial charge in [-0.05, 0) is 29.3 Å². The maximum Gasteiger partial charge on any atom is 0.119 e. The molecule has 4 nitrogen and oxygen atoms in total. The van der Waals surface area contributed by atoms with Gasteiger partial charge in [-0.15, -0.1) is 0 Å². The van der Waals surface area contributed by atoms with Gasteiger partial charge >= 0.3 is 0 Å². The largest absolute Gasteiger partial charge is 0.497 e. The van der Waals surface area contributed by atoms with E-state index >= 15 is 0 Å². The van der Waals surface area contributed by atoms with Crippen LogP contribution >= 0.6 is 0 Å². The first-order valence-electron chi connectivity index (χ1n) is 6.32. The molecule has 1 heterocycles. The van der Waals surface area contributed by atoms with Crippen molar-refractivity contribution in [3.05, 3.63) is 53.9 Å². The maximum atomic E-state index is 9.52. The van der Waals surface area contributed by atoms with E-state index in [0.717, 1.165) is 17.9 Å². The van der Waals surface area contributed by atoms with Crippen LogP contribution in [0.3, 0.4) is 0 Å². The van der Waals surface area contributed by atoms with Crippen LogP contribution < -0.4 is 10.1 Å². The van der Waals surface area contributed by atoms with Crippen molar-refractivity contribution in [2.45, 2.75) is 12.6 Å². The van der Waals surface area contributed by atoms with Gasteiger partial charge < -0.3 is 19.7 Å². The number of aryl methyl sites for hydroxylation is 1. The first kappa shape index (κ1) is 13.6. The highest BCUT2D eigenvalue weighted by molar-refractivity contribution is 5.30. The Morgan fingerprint density at radius 1 is 1.37 bits per heavy atom. The second-order valence-electron chi connectivity index (χ2n) is 4.58. The molecule has 0 aliphatic carbocycles. The summed E-state index contributed by atoms with van der Waals surface area (Å²) in [6, 6.07) is 9.74. The van der Waals surface area contributed by atoms with E-state index in [4.69, 9.17) is 4.74 Å². The van der Waals surface area contributed by atoms with Gasteiger partial charge in [-0.25, -0.2) is 0 Å². The van der Waals surface area contributed by atoms with E-state index in [9.17, 15) is 5.11 Å². The lowest BCUT2D eigenvalue weighted by Gasteiger charge is -2.17. The van der Waals surface area contributed by atoms with Crippen molar-refractivity contribution in [2.75, 3.05) is 13.7 Å². The normalized spacial score (nSPS) is 12.4. The first-order valence-corrected chi connectivity index (χ1v) is 6.32. The van der Waals surface area contributed by atoms with Gasteiger partial charge in [-0.2, -0.15) is 0 Å². The van der Waals surface area contributed by atoms with Crippen LogP contribution in [0.1, 0.15) is 17.2 Å². The SMILES string of the molecule is COc1cccc(C(CO)NCc2ccn(C)c2)c1. The van der Waals surface area contributed by atoms with Gasteiger partial charge in [0.15, 0.2) is 0 Å². The highest BCUT2D eigenvalue weighted by Crippen LogP contribution is 2.19. The Hall–Kier alpha value is -1.78. The molecule has 102 valence electrons. The van der Waals surface area contributed by atoms with E-state index < -0.39 is 0 Å². The molecule has 0 bridgehead atoms. The number of aliphatic hydroxyl groups excluding tert-OH is 1. The zero-order chi connectivity index (χ0) is 13.7. The zero-order valence-electron chi connectivity index (χ0n) is 11.3. The quantitative estimate of drug-likeness (QED) is 0.833. The number of aliphatic hydroxyl groups is 1. The highest BCUT2D eigenvalue weighted by Gasteiger charge is 2.10. The smallest absolute Gasteiger partial charge is 0.119 e. The van der Waals surface area contributed by atoms with Crippen molar-refractivity contribution in [3.63, 3.8) is 0 Å². The predicted octanol–water partition coefficient (Wildman–Crippen LogP) is 1.86. The molecule has 0 amide bonds. The Balaban J connectivity index is 2.02. The average Bonchev–Trinajstić information content (AvgIpc) is 2.85. The molecule has 1 aromatic carbocycles. The summed E-state index contributed by atoms with van der Waals surface area (Å²) in [5, 5.41) is 12.9. The molecular weight excluding hydrogens is 240 g/mol. The van der Waals surface area contributed by atoms with Crippen LogP contribution in [0.4, 0.5) is 0 Å². The molecule has 0 saturated heterocycles. The molecule has 1 unspecified atom stereocenters. The molecule has 1 aromatic heterocycles. The first-order chi connectivity index (χ1) is 9.22. The molecular formula is C15H20N2O2. The summed E-state index contributed by atoms with van der Waals surface area (Å²) in [5.41, 5.74) is 2.22. The van der Waals surface area contributed by atoms with Crippen LogP contribution in [0, 0.1) is 0 Å². The van der Waals surface area contributed by atoms with E-state index in [1.165, 1.54) is 5.56 Å². The third-order valence-electron chi connectivity index (χ3n) is 3.12. The van der Waals surface area contributed by atoms with Crippen LogP contribution in [-0.2, 0) is 13.6 Å². The van der Waals surface area contributed by atoms with Gasteiger partial charge in [0.05, 0.1) is 19.8 Å². The number of rotatable bonds is 6. The number of hydrogen-bond donors (Lipinski definition) is 2. The number of aromatic nitrogens is 1. The Labute approximate surface area is 113 Å². The lowest BCUT2D eigenvalue weighted by Crippen LogP contribution is -2.23. The molecule has 1 atom stereocenters. The molecule has 0 aliphatic rings. The zero-order valence-corrected chi connectivity index (χ0v) is 11.3. The Bertz CT molecular complexity index is 522. The maximum absolute atomic E-state index is 9.52. The van der Waals surface area contributed by atoms with Crippen molar-refractivity contribution in [1.82, 2.24) is 9.88 Å². The van der Waals surface area contributed by atoms with E-state index in [1.807, 2.05) is 42.1 Å². The minimum absolute atomic E-state index is 0.0556. The molecule has 4 heteroatoms. The number of methoxy groups -OCH3 is 1. The van der Waals surface area contributed by atoms with Crippen molar-refractivity contribution >= 4 is 0 Å². The summed E-state index contributed by atoms with van der Waals surface area (Å²) in [6.07, 6.45) is 4.07. The van der Waals surface area contributed by atoms with Crippen LogP contribution in [-0.4, -0.2) is 23.4 Å². The van der Waals surface area contributed by atoms with Crippen molar-refractivity contribution < 1.29 is 9.84 Å². The number of hydrogen-bond acceptors (Lipinski definition) is 3. The van der Waals surface area contributed by atoms with Gasteiger partial charge in [0.1, 0.15) is 5.75 Å². The van der Waals surface area contributed by atoms with Crippen LogP contribution in [0.2, 0.25) is 0 Å². The summed E-state index contributed by atoms with van der Waals surface area (Å²) < 4.78 is 7.21. The fraction of sp³-hybridized carbons (Fsp3) is 0.333. The minimum Gasteiger partial charge on any atom is -0.497 e. The topological polar surface area (TPSA) is 46.4 Å². The monoisotopic (exact) mass is 260 g/mol. The molecule has 0 saturated carbocycles. The lowest BCUT2D eigenvalue weighted by molar-refractivity contribution is 0.243. The molecule has 2 rings (SSSR count). The number of ether oxygens (including phenoxy) is 1. The van der Waals surface area contributed by atoms with Crippen LogP contribution in [0.15, 0.2) is 42.7 Å². The second kappa shape index (κ2) is 6.41. The molecule has 2 N–H and O–H groups in total. The summed E-state index contributed by atoms with van der Waals surface area (Å²) in [5.74, 6) is 0.803. The van der Waals surface area contributed by atoms with E-state index in [0.29, 0.717) is 0 Å². The van der Waals surface area contributed by atoms with E-state index in [2.05, 4.69) is 17.6 Å². The van der Waals surface area contributed by atoms with Gasteiger partial charge in [-0.1, -0.05) is 12.1 Å². The van der Waals surface area contributed by atoms with Gasteiger partial charge in [0, 0.05) is 26.0 Å². The molecule has 0 radical (unpaired) electrons. The minimum atomic E-state index is -0.0877. The average molecular weight is 260 g/mol. The van der Waals surface area contributed by atoms with Crippen LogP contribution in [0.5, 0.6) is 5.75 Å². The summed E-state index contributed by atoms with van der Waals surface area (Å²) >= 11 is 0. The van der Waals surface area contributed by atoms with Gasteiger partial charge in [0.2, 0.25) is 0 Å². The Morgan fingerprint density at radius 3 is 2.84 bits per heavy atom. The van der Waals surface area contributed by atoms with Crippen molar-refractivity contribution in [1.29, 1.82) is 0 Å². The fourth-order valence-electron chi connectivity index (χ4n) is 2.05. The molecule has 0 spiro atoms. The van der Waals surface area contributed by atoms with Gasteiger partial charge in [-0.3, -0.25) is 0 Å². The molecule has 0 fully saturated rings. The number of nitrogens with one attached hydrogen (secondary N) is 1.